The maximum atomic E-state index is 12.6. The summed E-state index contributed by atoms with van der Waals surface area (Å²) in [5.41, 5.74) is 7.31. The maximum absolute atomic E-state index is 12.6. The molecule has 1 saturated heterocycles. The van der Waals surface area contributed by atoms with Gasteiger partial charge in [-0.25, -0.2) is 0 Å². The molecule has 1 amide bonds. The molecule has 0 aliphatic carbocycles. The van der Waals surface area contributed by atoms with Crippen LogP contribution in [0.2, 0.25) is 5.02 Å². The predicted molar refractivity (Wildman–Crippen MR) is 77.6 cm³/mol. The Labute approximate surface area is 119 Å². The Morgan fingerprint density at radius 2 is 2.21 bits per heavy atom. The highest BCUT2D eigenvalue weighted by Crippen LogP contribution is 2.21. The summed E-state index contributed by atoms with van der Waals surface area (Å²) >= 11 is 6.09. The maximum Gasteiger partial charge on any atom is 0.254 e. The van der Waals surface area contributed by atoms with Gasteiger partial charge in [-0.2, -0.15) is 0 Å². The first-order valence-electron chi connectivity index (χ1n) is 6.49. The van der Waals surface area contributed by atoms with Crippen LogP contribution in [0.3, 0.4) is 0 Å². The monoisotopic (exact) mass is 281 g/mol. The Bertz CT molecular complexity index is 478. The van der Waals surface area contributed by atoms with Crippen LogP contribution in [-0.4, -0.2) is 55.0 Å². The van der Waals surface area contributed by atoms with E-state index in [4.69, 9.17) is 17.3 Å². The van der Waals surface area contributed by atoms with Gasteiger partial charge in [-0.05, 0) is 31.7 Å². The van der Waals surface area contributed by atoms with E-state index >= 15 is 0 Å². The molecule has 0 spiro atoms. The lowest BCUT2D eigenvalue weighted by molar-refractivity contribution is 0.0515. The summed E-state index contributed by atoms with van der Waals surface area (Å²) in [6, 6.07) is 5.52. The topological polar surface area (TPSA) is 49.6 Å². The first-order valence-corrected chi connectivity index (χ1v) is 6.87. The van der Waals surface area contributed by atoms with Crippen molar-refractivity contribution in [1.29, 1.82) is 0 Å². The van der Waals surface area contributed by atoms with Crippen LogP contribution in [0, 0.1) is 6.92 Å². The Hall–Kier alpha value is -1.10. The summed E-state index contributed by atoms with van der Waals surface area (Å²) in [4.78, 5) is 16.7. The molecule has 1 aliphatic rings. The highest BCUT2D eigenvalue weighted by Gasteiger charge is 2.29. The molecule has 19 heavy (non-hydrogen) atoms. The fourth-order valence-electron chi connectivity index (χ4n) is 2.47. The zero-order valence-electron chi connectivity index (χ0n) is 11.4. The normalized spacial score (nSPS) is 20.6. The van der Waals surface area contributed by atoms with E-state index in [1.54, 1.807) is 6.07 Å². The molecular weight excluding hydrogens is 262 g/mol. The van der Waals surface area contributed by atoms with Crippen molar-refractivity contribution >= 4 is 17.5 Å². The number of amides is 1. The van der Waals surface area contributed by atoms with Gasteiger partial charge in [0.05, 0.1) is 6.04 Å². The molecule has 2 rings (SSSR count). The second-order valence-corrected chi connectivity index (χ2v) is 5.47. The SMILES string of the molecule is Cc1c(Cl)cccc1C(=O)N1CCN(C)CC1CN. The van der Waals surface area contributed by atoms with Crippen LogP contribution in [-0.2, 0) is 0 Å². The average molecular weight is 282 g/mol. The Morgan fingerprint density at radius 3 is 2.89 bits per heavy atom. The van der Waals surface area contributed by atoms with E-state index < -0.39 is 0 Å². The Kier molecular flexibility index (Phi) is 4.45. The van der Waals surface area contributed by atoms with E-state index in [0.717, 1.165) is 18.7 Å². The van der Waals surface area contributed by atoms with Gasteiger partial charge in [-0.15, -0.1) is 0 Å². The van der Waals surface area contributed by atoms with E-state index in [9.17, 15) is 4.79 Å². The molecule has 1 unspecified atom stereocenters. The number of halogens is 1. The molecule has 1 atom stereocenters. The molecule has 104 valence electrons. The lowest BCUT2D eigenvalue weighted by Gasteiger charge is -2.39. The zero-order chi connectivity index (χ0) is 14.0. The van der Waals surface area contributed by atoms with Crippen molar-refractivity contribution in [2.45, 2.75) is 13.0 Å². The van der Waals surface area contributed by atoms with Crippen LogP contribution in [0.25, 0.3) is 0 Å². The molecule has 1 aromatic rings. The van der Waals surface area contributed by atoms with Crippen molar-refractivity contribution in [2.75, 3.05) is 33.2 Å². The van der Waals surface area contributed by atoms with Crippen molar-refractivity contribution in [3.8, 4) is 0 Å². The number of hydrogen-bond donors (Lipinski definition) is 1. The quantitative estimate of drug-likeness (QED) is 0.891. The van der Waals surface area contributed by atoms with Crippen LogP contribution < -0.4 is 5.73 Å². The summed E-state index contributed by atoms with van der Waals surface area (Å²) in [5, 5.41) is 0.629. The van der Waals surface area contributed by atoms with E-state index in [1.165, 1.54) is 0 Å². The lowest BCUT2D eigenvalue weighted by atomic mass is 10.1. The van der Waals surface area contributed by atoms with Crippen LogP contribution >= 0.6 is 11.6 Å². The van der Waals surface area contributed by atoms with E-state index in [2.05, 4.69) is 11.9 Å². The van der Waals surface area contributed by atoms with Crippen molar-refractivity contribution in [2.24, 2.45) is 5.73 Å². The number of rotatable bonds is 2. The van der Waals surface area contributed by atoms with E-state index in [0.29, 0.717) is 23.7 Å². The molecular formula is C14H20ClN3O. The van der Waals surface area contributed by atoms with E-state index in [1.807, 2.05) is 24.0 Å². The Balaban J connectivity index is 2.25. The van der Waals surface area contributed by atoms with Gasteiger partial charge < -0.3 is 15.5 Å². The molecule has 0 bridgehead atoms. The van der Waals surface area contributed by atoms with Crippen LogP contribution in [0.5, 0.6) is 0 Å². The molecule has 1 fully saturated rings. The smallest absolute Gasteiger partial charge is 0.254 e. The second-order valence-electron chi connectivity index (χ2n) is 5.06. The zero-order valence-corrected chi connectivity index (χ0v) is 12.2. The second kappa shape index (κ2) is 5.90. The molecule has 1 heterocycles. The van der Waals surface area contributed by atoms with Gasteiger partial charge >= 0.3 is 0 Å². The predicted octanol–water partition coefficient (Wildman–Crippen LogP) is 1.36. The highest BCUT2D eigenvalue weighted by atomic mass is 35.5. The van der Waals surface area contributed by atoms with Gasteiger partial charge in [0.15, 0.2) is 0 Å². The summed E-state index contributed by atoms with van der Waals surface area (Å²) in [5.74, 6) is 0.0311. The standard InChI is InChI=1S/C14H20ClN3O/c1-10-12(4-3-5-13(10)15)14(19)18-7-6-17(2)9-11(18)8-16/h3-5,11H,6-9,16H2,1-2H3. The van der Waals surface area contributed by atoms with Crippen LogP contribution in [0.1, 0.15) is 15.9 Å². The van der Waals surface area contributed by atoms with Gasteiger partial charge in [-0.3, -0.25) is 4.79 Å². The summed E-state index contributed by atoms with van der Waals surface area (Å²) in [6.07, 6.45) is 0. The lowest BCUT2D eigenvalue weighted by Crippen LogP contribution is -2.56. The molecule has 5 heteroatoms. The number of carbonyl (C=O) groups is 1. The molecule has 0 saturated carbocycles. The van der Waals surface area contributed by atoms with Crippen LogP contribution in [0.4, 0.5) is 0 Å². The summed E-state index contributed by atoms with van der Waals surface area (Å²) in [6.45, 7) is 4.77. The first-order chi connectivity index (χ1) is 9.04. The molecule has 1 aliphatic heterocycles. The van der Waals surface area contributed by atoms with Gasteiger partial charge in [0.25, 0.3) is 5.91 Å². The number of carbonyl (C=O) groups excluding carboxylic acids is 1. The minimum atomic E-state index is 0.0311. The number of likely N-dealkylation sites (N-methyl/N-ethyl adjacent to an activating group) is 1. The fourth-order valence-corrected chi connectivity index (χ4v) is 2.65. The fraction of sp³-hybridized carbons (Fsp3) is 0.500. The third-order valence-corrected chi connectivity index (χ3v) is 4.13. The number of piperazine rings is 1. The van der Waals surface area contributed by atoms with Crippen molar-refractivity contribution < 1.29 is 4.79 Å². The van der Waals surface area contributed by atoms with Crippen molar-refractivity contribution in [1.82, 2.24) is 9.80 Å². The number of benzene rings is 1. The molecule has 2 N–H and O–H groups in total. The average Bonchev–Trinajstić information content (AvgIpc) is 2.41. The molecule has 0 aromatic heterocycles. The van der Waals surface area contributed by atoms with Gasteiger partial charge in [0.2, 0.25) is 0 Å². The van der Waals surface area contributed by atoms with Gasteiger partial charge in [-0.1, -0.05) is 17.7 Å². The highest BCUT2D eigenvalue weighted by molar-refractivity contribution is 6.31. The Morgan fingerprint density at radius 1 is 1.47 bits per heavy atom. The molecule has 1 aromatic carbocycles. The number of nitrogens with zero attached hydrogens (tertiary/aromatic N) is 2. The van der Waals surface area contributed by atoms with Crippen LogP contribution in [0.15, 0.2) is 18.2 Å². The number of nitrogens with two attached hydrogens (primary N) is 1. The summed E-state index contributed by atoms with van der Waals surface area (Å²) in [7, 11) is 2.05. The number of hydrogen-bond acceptors (Lipinski definition) is 3. The third kappa shape index (κ3) is 2.91. The van der Waals surface area contributed by atoms with Gasteiger partial charge in [0.1, 0.15) is 0 Å². The minimum absolute atomic E-state index is 0.0311. The largest absolute Gasteiger partial charge is 0.332 e. The third-order valence-electron chi connectivity index (χ3n) is 3.72. The van der Waals surface area contributed by atoms with Crippen molar-refractivity contribution in [3.63, 3.8) is 0 Å². The summed E-state index contributed by atoms with van der Waals surface area (Å²) < 4.78 is 0. The molecule has 0 radical (unpaired) electrons. The van der Waals surface area contributed by atoms with Gasteiger partial charge in [0, 0.05) is 36.8 Å². The minimum Gasteiger partial charge on any atom is -0.332 e. The first kappa shape index (κ1) is 14.3. The van der Waals surface area contributed by atoms with E-state index in [-0.39, 0.29) is 11.9 Å². The van der Waals surface area contributed by atoms with Crippen molar-refractivity contribution in [3.05, 3.63) is 34.3 Å². The molecule has 4 nitrogen and oxygen atoms in total.